The third-order valence-corrected chi connectivity index (χ3v) is 2.90. The molecule has 2 nitrogen and oxygen atoms in total. The van der Waals surface area contributed by atoms with Crippen molar-refractivity contribution in [2.45, 2.75) is 25.3 Å². The molecule has 0 radical (unpaired) electrons. The number of rotatable bonds is 1. The monoisotopic (exact) mass is 240 g/mol. The van der Waals surface area contributed by atoms with E-state index in [1.54, 1.807) is 0 Å². The van der Waals surface area contributed by atoms with Crippen LogP contribution in [-0.2, 0) is 0 Å². The lowest BCUT2D eigenvalue weighted by Gasteiger charge is -2.22. The van der Waals surface area contributed by atoms with Gasteiger partial charge in [0.1, 0.15) is 0 Å². The van der Waals surface area contributed by atoms with Crippen LogP contribution in [0.2, 0.25) is 0 Å². The Morgan fingerprint density at radius 1 is 1.46 bits per heavy atom. The van der Waals surface area contributed by atoms with E-state index in [0.717, 1.165) is 16.7 Å². The summed E-state index contributed by atoms with van der Waals surface area (Å²) in [5.74, 6) is 0. The molecule has 0 bridgehead atoms. The Kier molecular flexibility index (Phi) is 2.96. The Balaban J connectivity index is 2.14. The number of nitrogens with zero attached hydrogens (tertiary/aromatic N) is 1. The van der Waals surface area contributed by atoms with Crippen LogP contribution in [0.3, 0.4) is 0 Å². The molecule has 2 heterocycles. The zero-order valence-electron chi connectivity index (χ0n) is 7.46. The van der Waals surface area contributed by atoms with Crippen LogP contribution >= 0.6 is 15.9 Å². The zero-order valence-corrected chi connectivity index (χ0v) is 9.05. The fourth-order valence-corrected chi connectivity index (χ4v) is 2.07. The first-order valence-corrected chi connectivity index (χ1v) is 5.50. The van der Waals surface area contributed by atoms with E-state index in [4.69, 9.17) is 0 Å². The maximum absolute atomic E-state index is 4.37. The molecule has 0 amide bonds. The lowest BCUT2D eigenvalue weighted by atomic mass is 10.0. The van der Waals surface area contributed by atoms with Gasteiger partial charge in [0, 0.05) is 16.7 Å². The summed E-state index contributed by atoms with van der Waals surface area (Å²) in [6, 6.07) is 4.53. The predicted molar refractivity (Wildman–Crippen MR) is 56.5 cm³/mol. The smallest absolute Gasteiger partial charge is 0.0584 e. The summed E-state index contributed by atoms with van der Waals surface area (Å²) in [5.41, 5.74) is 1.16. The van der Waals surface area contributed by atoms with Crippen LogP contribution in [0.1, 0.15) is 31.0 Å². The summed E-state index contributed by atoms with van der Waals surface area (Å²) >= 11 is 3.46. The summed E-state index contributed by atoms with van der Waals surface area (Å²) in [7, 11) is 0. The normalized spacial score (nSPS) is 23.0. The van der Waals surface area contributed by atoms with Gasteiger partial charge in [-0.2, -0.15) is 0 Å². The maximum atomic E-state index is 4.37. The molecule has 0 saturated carbocycles. The molecule has 1 N–H and O–H groups in total. The summed E-state index contributed by atoms with van der Waals surface area (Å²) in [4.78, 5) is 4.37. The minimum atomic E-state index is 0.464. The van der Waals surface area contributed by atoms with Gasteiger partial charge in [-0.1, -0.05) is 22.4 Å². The highest BCUT2D eigenvalue weighted by Crippen LogP contribution is 2.22. The van der Waals surface area contributed by atoms with Crippen molar-refractivity contribution in [1.82, 2.24) is 10.3 Å². The highest BCUT2D eigenvalue weighted by molar-refractivity contribution is 9.10. The van der Waals surface area contributed by atoms with Gasteiger partial charge in [0.25, 0.3) is 0 Å². The van der Waals surface area contributed by atoms with Crippen molar-refractivity contribution in [1.29, 1.82) is 0 Å². The van der Waals surface area contributed by atoms with Gasteiger partial charge in [-0.05, 0) is 31.5 Å². The van der Waals surface area contributed by atoms with Crippen LogP contribution < -0.4 is 5.32 Å². The van der Waals surface area contributed by atoms with Gasteiger partial charge in [0.15, 0.2) is 0 Å². The highest BCUT2D eigenvalue weighted by atomic mass is 79.9. The van der Waals surface area contributed by atoms with Crippen LogP contribution in [0.4, 0.5) is 0 Å². The van der Waals surface area contributed by atoms with E-state index >= 15 is 0 Å². The molecule has 2 rings (SSSR count). The minimum absolute atomic E-state index is 0.464. The molecule has 70 valence electrons. The summed E-state index contributed by atoms with van der Waals surface area (Å²) in [6.07, 6.45) is 5.68. The first kappa shape index (κ1) is 9.16. The largest absolute Gasteiger partial charge is 0.309 e. The number of halogens is 1. The van der Waals surface area contributed by atoms with Crippen molar-refractivity contribution in [3.05, 3.63) is 28.5 Å². The van der Waals surface area contributed by atoms with E-state index in [0.29, 0.717) is 6.04 Å². The standard InChI is InChI=1S/C10H13BrN2/c11-8-4-6-13-10(7-8)9-3-1-2-5-12-9/h4,6-7,9,12H,1-3,5H2/t9-/m1/s1. The van der Waals surface area contributed by atoms with Crippen LogP contribution in [-0.4, -0.2) is 11.5 Å². The molecular formula is C10H13BrN2. The van der Waals surface area contributed by atoms with Crippen LogP contribution in [0.25, 0.3) is 0 Å². The van der Waals surface area contributed by atoms with E-state index in [-0.39, 0.29) is 0 Å². The Bertz CT molecular complexity index is 282. The van der Waals surface area contributed by atoms with E-state index in [9.17, 15) is 0 Å². The summed E-state index contributed by atoms with van der Waals surface area (Å²) < 4.78 is 1.12. The average Bonchev–Trinajstić information content (AvgIpc) is 2.19. The van der Waals surface area contributed by atoms with Gasteiger partial charge >= 0.3 is 0 Å². The van der Waals surface area contributed by atoms with Gasteiger partial charge in [-0.25, -0.2) is 0 Å². The Hall–Kier alpha value is -0.410. The number of piperidine rings is 1. The molecule has 1 fully saturated rings. The molecule has 1 aromatic rings. The molecule has 13 heavy (non-hydrogen) atoms. The van der Waals surface area contributed by atoms with E-state index < -0.39 is 0 Å². The molecule has 1 aliphatic heterocycles. The van der Waals surface area contributed by atoms with Gasteiger partial charge in [-0.15, -0.1) is 0 Å². The second-order valence-electron chi connectivity index (χ2n) is 3.40. The lowest BCUT2D eigenvalue weighted by molar-refractivity contribution is 0.405. The van der Waals surface area contributed by atoms with Crippen molar-refractivity contribution in [2.24, 2.45) is 0 Å². The highest BCUT2D eigenvalue weighted by Gasteiger charge is 2.15. The zero-order chi connectivity index (χ0) is 9.10. The first-order valence-electron chi connectivity index (χ1n) is 4.71. The molecule has 3 heteroatoms. The van der Waals surface area contributed by atoms with E-state index in [1.165, 1.54) is 19.3 Å². The van der Waals surface area contributed by atoms with Crippen molar-refractivity contribution in [3.8, 4) is 0 Å². The fourth-order valence-electron chi connectivity index (χ4n) is 1.72. The van der Waals surface area contributed by atoms with Crippen molar-refractivity contribution in [3.63, 3.8) is 0 Å². The van der Waals surface area contributed by atoms with Crippen LogP contribution in [0, 0.1) is 0 Å². The SMILES string of the molecule is Brc1ccnc([C@H]2CCCCN2)c1. The van der Waals surface area contributed by atoms with E-state index in [2.05, 4.69) is 32.3 Å². The predicted octanol–water partition coefficient (Wildman–Crippen LogP) is 2.66. The number of hydrogen-bond donors (Lipinski definition) is 1. The van der Waals surface area contributed by atoms with E-state index in [1.807, 2.05) is 12.3 Å². The molecular weight excluding hydrogens is 228 g/mol. The summed E-state index contributed by atoms with van der Waals surface area (Å²) in [5, 5.41) is 3.48. The summed E-state index contributed by atoms with van der Waals surface area (Å²) in [6.45, 7) is 1.12. The molecule has 0 unspecified atom stereocenters. The van der Waals surface area contributed by atoms with Crippen molar-refractivity contribution in [2.75, 3.05) is 6.54 Å². The maximum Gasteiger partial charge on any atom is 0.0584 e. The number of pyridine rings is 1. The molecule has 1 saturated heterocycles. The van der Waals surface area contributed by atoms with Gasteiger partial charge in [-0.3, -0.25) is 4.98 Å². The first-order chi connectivity index (χ1) is 6.36. The second kappa shape index (κ2) is 4.20. The number of hydrogen-bond acceptors (Lipinski definition) is 2. The fraction of sp³-hybridized carbons (Fsp3) is 0.500. The Labute approximate surface area is 86.9 Å². The molecule has 1 aliphatic rings. The van der Waals surface area contributed by atoms with Gasteiger partial charge in [0.2, 0.25) is 0 Å². The number of aromatic nitrogens is 1. The Morgan fingerprint density at radius 2 is 2.38 bits per heavy atom. The Morgan fingerprint density at radius 3 is 3.08 bits per heavy atom. The topological polar surface area (TPSA) is 24.9 Å². The van der Waals surface area contributed by atoms with Gasteiger partial charge < -0.3 is 5.32 Å². The molecule has 1 atom stereocenters. The van der Waals surface area contributed by atoms with Crippen LogP contribution in [0.15, 0.2) is 22.8 Å². The second-order valence-corrected chi connectivity index (χ2v) is 4.32. The average molecular weight is 241 g/mol. The third kappa shape index (κ3) is 2.29. The lowest BCUT2D eigenvalue weighted by Crippen LogP contribution is -2.27. The van der Waals surface area contributed by atoms with Crippen molar-refractivity contribution >= 4 is 15.9 Å². The third-order valence-electron chi connectivity index (χ3n) is 2.41. The molecule has 0 spiro atoms. The quantitative estimate of drug-likeness (QED) is 0.817. The molecule has 1 aromatic heterocycles. The molecule has 0 aromatic carbocycles. The minimum Gasteiger partial charge on any atom is -0.309 e. The number of nitrogens with one attached hydrogen (secondary N) is 1. The van der Waals surface area contributed by atoms with Gasteiger partial charge in [0.05, 0.1) is 5.69 Å². The van der Waals surface area contributed by atoms with Crippen molar-refractivity contribution < 1.29 is 0 Å². The van der Waals surface area contributed by atoms with Crippen LogP contribution in [0.5, 0.6) is 0 Å². The molecule has 0 aliphatic carbocycles.